The summed E-state index contributed by atoms with van der Waals surface area (Å²) >= 11 is 0. The van der Waals surface area contributed by atoms with Gasteiger partial charge in [-0.05, 0) is 24.3 Å². The Kier molecular flexibility index (Phi) is 2.60. The Labute approximate surface area is 147 Å². The van der Waals surface area contributed by atoms with Crippen LogP contribution >= 0.6 is 0 Å². The molecular formula is C19H13N5O2. The number of aromatic amines is 1. The second kappa shape index (κ2) is 4.95. The van der Waals surface area contributed by atoms with E-state index in [1.165, 1.54) is 0 Å². The molecule has 0 saturated heterocycles. The smallest absolute Gasteiger partial charge is 0.299 e. The molecule has 4 heterocycles. The predicted molar refractivity (Wildman–Crippen MR) is 94.6 cm³/mol. The third-order valence-electron chi connectivity index (χ3n) is 4.72. The van der Waals surface area contributed by atoms with E-state index in [1.54, 1.807) is 6.33 Å². The minimum absolute atomic E-state index is 0.281. The SMILES string of the molecule is c1ccc2oc([C@H]3c4nc[nH]c4CN3c3nc4ccccc4o3)nc2c1. The molecule has 0 radical (unpaired) electrons. The first-order valence-electron chi connectivity index (χ1n) is 8.37. The molecule has 0 fully saturated rings. The van der Waals surface area contributed by atoms with Crippen molar-refractivity contribution in [2.75, 3.05) is 4.90 Å². The number of anilines is 1. The van der Waals surface area contributed by atoms with Crippen molar-refractivity contribution in [1.29, 1.82) is 0 Å². The number of para-hydroxylation sites is 4. The van der Waals surface area contributed by atoms with Crippen molar-refractivity contribution in [3.05, 3.63) is 72.1 Å². The molecule has 0 amide bonds. The van der Waals surface area contributed by atoms with Gasteiger partial charge in [-0.15, -0.1) is 0 Å². The molecule has 0 unspecified atom stereocenters. The number of rotatable bonds is 2. The monoisotopic (exact) mass is 343 g/mol. The number of H-pyrrole nitrogens is 1. The number of fused-ring (bicyclic) bond motifs is 3. The van der Waals surface area contributed by atoms with Gasteiger partial charge in [-0.2, -0.15) is 4.98 Å². The maximum absolute atomic E-state index is 6.03. The highest BCUT2D eigenvalue weighted by molar-refractivity contribution is 5.75. The van der Waals surface area contributed by atoms with Gasteiger partial charge in [0.25, 0.3) is 6.01 Å². The third-order valence-corrected chi connectivity index (χ3v) is 4.72. The van der Waals surface area contributed by atoms with Gasteiger partial charge in [0.1, 0.15) is 11.0 Å². The first kappa shape index (κ1) is 13.7. The summed E-state index contributed by atoms with van der Waals surface area (Å²) in [5, 5.41) is 0. The molecule has 26 heavy (non-hydrogen) atoms. The number of benzene rings is 2. The van der Waals surface area contributed by atoms with Crippen LogP contribution in [0.5, 0.6) is 0 Å². The molecule has 0 spiro atoms. The van der Waals surface area contributed by atoms with Crippen LogP contribution in [-0.2, 0) is 6.54 Å². The molecule has 7 nitrogen and oxygen atoms in total. The lowest BCUT2D eigenvalue weighted by atomic mass is 10.2. The summed E-state index contributed by atoms with van der Waals surface area (Å²) in [5.41, 5.74) is 5.05. The predicted octanol–water partition coefficient (Wildman–Crippen LogP) is 3.80. The highest BCUT2D eigenvalue weighted by Crippen LogP contribution is 2.40. The van der Waals surface area contributed by atoms with E-state index in [4.69, 9.17) is 8.83 Å². The van der Waals surface area contributed by atoms with Gasteiger partial charge in [0, 0.05) is 0 Å². The van der Waals surface area contributed by atoms with Crippen LogP contribution in [0.15, 0.2) is 63.7 Å². The molecule has 3 aromatic heterocycles. The van der Waals surface area contributed by atoms with Crippen molar-refractivity contribution < 1.29 is 8.83 Å². The van der Waals surface area contributed by atoms with Crippen molar-refractivity contribution in [1.82, 2.24) is 19.9 Å². The highest BCUT2D eigenvalue weighted by Gasteiger charge is 2.40. The normalized spacial score (nSPS) is 16.6. The fourth-order valence-corrected chi connectivity index (χ4v) is 3.52. The van der Waals surface area contributed by atoms with Crippen molar-refractivity contribution in [3.8, 4) is 0 Å². The summed E-state index contributed by atoms with van der Waals surface area (Å²) in [7, 11) is 0. The topological polar surface area (TPSA) is 84.0 Å². The van der Waals surface area contributed by atoms with E-state index in [0.717, 1.165) is 33.6 Å². The van der Waals surface area contributed by atoms with E-state index in [9.17, 15) is 0 Å². The molecule has 1 N–H and O–H groups in total. The molecule has 1 aliphatic rings. The lowest BCUT2D eigenvalue weighted by Gasteiger charge is -2.19. The molecule has 0 saturated carbocycles. The number of oxazole rings is 2. The molecule has 1 atom stereocenters. The van der Waals surface area contributed by atoms with E-state index >= 15 is 0 Å². The Morgan fingerprint density at radius 2 is 1.65 bits per heavy atom. The highest BCUT2D eigenvalue weighted by atomic mass is 16.4. The van der Waals surface area contributed by atoms with Gasteiger partial charge in [-0.3, -0.25) is 0 Å². The first-order valence-corrected chi connectivity index (χ1v) is 8.37. The van der Waals surface area contributed by atoms with Crippen LogP contribution in [-0.4, -0.2) is 19.9 Å². The van der Waals surface area contributed by atoms with Gasteiger partial charge in [0.05, 0.1) is 24.3 Å². The fraction of sp³-hybridized carbons (Fsp3) is 0.105. The average Bonchev–Trinajstić information content (AvgIpc) is 3.41. The summed E-state index contributed by atoms with van der Waals surface area (Å²) in [4.78, 5) is 19.0. The van der Waals surface area contributed by atoms with Crippen molar-refractivity contribution in [3.63, 3.8) is 0 Å². The number of aromatic nitrogens is 4. The Bertz CT molecular complexity index is 1190. The number of nitrogens with one attached hydrogen (secondary N) is 1. The Morgan fingerprint density at radius 3 is 2.42 bits per heavy atom. The lowest BCUT2D eigenvalue weighted by molar-refractivity contribution is 0.470. The van der Waals surface area contributed by atoms with Crippen LogP contribution < -0.4 is 4.90 Å². The van der Waals surface area contributed by atoms with Crippen molar-refractivity contribution in [2.45, 2.75) is 12.6 Å². The third kappa shape index (κ3) is 1.85. The molecule has 7 heteroatoms. The molecule has 2 aromatic carbocycles. The number of nitrogens with zero attached hydrogens (tertiary/aromatic N) is 4. The van der Waals surface area contributed by atoms with Gasteiger partial charge in [0.2, 0.25) is 5.89 Å². The fourth-order valence-electron chi connectivity index (χ4n) is 3.52. The van der Waals surface area contributed by atoms with Crippen molar-refractivity contribution in [2.24, 2.45) is 0 Å². The van der Waals surface area contributed by atoms with E-state index in [-0.39, 0.29) is 6.04 Å². The van der Waals surface area contributed by atoms with E-state index in [0.29, 0.717) is 18.5 Å². The number of hydrogen-bond acceptors (Lipinski definition) is 6. The first-order chi connectivity index (χ1) is 12.9. The molecule has 6 rings (SSSR count). The molecule has 5 aromatic rings. The van der Waals surface area contributed by atoms with Crippen LogP contribution in [0.1, 0.15) is 23.3 Å². The average molecular weight is 343 g/mol. The summed E-state index contributed by atoms with van der Waals surface area (Å²) in [6, 6.07) is 15.7. The van der Waals surface area contributed by atoms with Gasteiger partial charge in [-0.1, -0.05) is 24.3 Å². The van der Waals surface area contributed by atoms with Gasteiger partial charge in [-0.25, -0.2) is 9.97 Å². The maximum Gasteiger partial charge on any atom is 0.299 e. The van der Waals surface area contributed by atoms with Crippen molar-refractivity contribution >= 4 is 28.2 Å². The van der Waals surface area contributed by atoms with Crippen LogP contribution in [0.25, 0.3) is 22.2 Å². The minimum Gasteiger partial charge on any atom is -0.438 e. The molecule has 0 bridgehead atoms. The molecule has 0 aliphatic carbocycles. The Balaban J connectivity index is 1.52. The standard InChI is InChI=1S/C19H13N5O2/c1-3-7-14-11(5-1)22-18(25-14)17-16-13(20-10-21-16)9-24(17)19-23-12-6-2-4-8-15(12)26-19/h1-8,10,17H,9H2,(H,20,21)/t17-/m1/s1. The summed E-state index contributed by atoms with van der Waals surface area (Å²) in [6.45, 7) is 0.603. The Morgan fingerprint density at radius 1 is 0.923 bits per heavy atom. The maximum atomic E-state index is 6.03. The zero-order chi connectivity index (χ0) is 17.1. The summed E-state index contributed by atoms with van der Waals surface area (Å²) in [5.74, 6) is 0.583. The van der Waals surface area contributed by atoms with Gasteiger partial charge < -0.3 is 18.7 Å². The van der Waals surface area contributed by atoms with E-state index in [2.05, 4.69) is 19.9 Å². The second-order valence-electron chi connectivity index (χ2n) is 6.28. The van der Waals surface area contributed by atoms with Crippen LogP contribution in [0.2, 0.25) is 0 Å². The van der Waals surface area contributed by atoms with Gasteiger partial charge >= 0.3 is 0 Å². The molecular weight excluding hydrogens is 330 g/mol. The molecule has 126 valence electrons. The van der Waals surface area contributed by atoms with E-state index in [1.807, 2.05) is 53.4 Å². The summed E-state index contributed by atoms with van der Waals surface area (Å²) in [6.07, 6.45) is 1.70. The zero-order valence-corrected chi connectivity index (χ0v) is 13.6. The number of hydrogen-bond donors (Lipinski definition) is 1. The van der Waals surface area contributed by atoms with Crippen LogP contribution in [0, 0.1) is 0 Å². The van der Waals surface area contributed by atoms with Gasteiger partial charge in [0.15, 0.2) is 17.2 Å². The Hall–Kier alpha value is -3.61. The summed E-state index contributed by atoms with van der Waals surface area (Å²) < 4.78 is 12.0. The van der Waals surface area contributed by atoms with Crippen LogP contribution in [0.4, 0.5) is 6.01 Å². The minimum atomic E-state index is -0.281. The zero-order valence-electron chi connectivity index (χ0n) is 13.6. The second-order valence-corrected chi connectivity index (χ2v) is 6.28. The largest absolute Gasteiger partial charge is 0.438 e. The lowest BCUT2D eigenvalue weighted by Crippen LogP contribution is -2.23. The van der Waals surface area contributed by atoms with E-state index < -0.39 is 0 Å². The quantitative estimate of drug-likeness (QED) is 0.525. The number of imidazole rings is 1. The van der Waals surface area contributed by atoms with Crippen LogP contribution in [0.3, 0.4) is 0 Å². The molecule has 1 aliphatic heterocycles.